The predicted octanol–water partition coefficient (Wildman–Crippen LogP) is 2.59. The lowest BCUT2D eigenvalue weighted by atomic mass is 9.94. The third-order valence-electron chi connectivity index (χ3n) is 3.21. The maximum atomic E-state index is 13.3. The molecule has 4 nitrogen and oxygen atoms in total. The molecule has 2 aromatic rings. The van der Waals surface area contributed by atoms with Crippen LogP contribution < -0.4 is 11.1 Å². The molecule has 0 bridgehead atoms. The SMILES string of the molecule is CC(C)(NC(=O)c1csc(CCN)n1)c1ccc(F)c(F)c1. The number of nitrogens with two attached hydrogens (primary N) is 1. The van der Waals surface area contributed by atoms with Gasteiger partial charge in [-0.05, 0) is 38.1 Å². The minimum atomic E-state index is -0.946. The van der Waals surface area contributed by atoms with Crippen LogP contribution in [0.25, 0.3) is 0 Å². The number of carbonyl (C=O) groups excluding carboxylic acids is 1. The highest BCUT2D eigenvalue weighted by Gasteiger charge is 2.25. The molecule has 118 valence electrons. The van der Waals surface area contributed by atoms with Crippen LogP contribution in [0.3, 0.4) is 0 Å². The van der Waals surface area contributed by atoms with Crippen molar-refractivity contribution in [2.24, 2.45) is 5.73 Å². The van der Waals surface area contributed by atoms with Crippen LogP contribution in [0.2, 0.25) is 0 Å². The third-order valence-corrected chi connectivity index (χ3v) is 4.12. The van der Waals surface area contributed by atoms with Crippen molar-refractivity contribution in [1.82, 2.24) is 10.3 Å². The molecule has 0 aliphatic heterocycles. The van der Waals surface area contributed by atoms with Gasteiger partial charge in [0, 0.05) is 11.8 Å². The van der Waals surface area contributed by atoms with Crippen molar-refractivity contribution in [3.63, 3.8) is 0 Å². The van der Waals surface area contributed by atoms with E-state index in [4.69, 9.17) is 5.73 Å². The highest BCUT2D eigenvalue weighted by atomic mass is 32.1. The summed E-state index contributed by atoms with van der Waals surface area (Å²) >= 11 is 1.37. The van der Waals surface area contributed by atoms with Gasteiger partial charge in [-0.1, -0.05) is 6.07 Å². The molecule has 0 unspecified atom stereocenters. The Balaban J connectivity index is 2.15. The number of amides is 1. The maximum absolute atomic E-state index is 13.3. The molecule has 22 heavy (non-hydrogen) atoms. The van der Waals surface area contributed by atoms with Crippen LogP contribution in [0.15, 0.2) is 23.6 Å². The summed E-state index contributed by atoms with van der Waals surface area (Å²) in [4.78, 5) is 16.4. The molecule has 1 aromatic heterocycles. The molecule has 1 aromatic carbocycles. The summed E-state index contributed by atoms with van der Waals surface area (Å²) < 4.78 is 26.4. The number of hydrogen-bond donors (Lipinski definition) is 2. The smallest absolute Gasteiger partial charge is 0.271 e. The van der Waals surface area contributed by atoms with E-state index in [1.807, 2.05) is 0 Å². The molecule has 3 N–H and O–H groups in total. The van der Waals surface area contributed by atoms with E-state index in [-0.39, 0.29) is 5.91 Å². The minimum Gasteiger partial charge on any atom is -0.342 e. The van der Waals surface area contributed by atoms with Crippen molar-refractivity contribution >= 4 is 17.2 Å². The number of nitrogens with one attached hydrogen (secondary N) is 1. The lowest BCUT2D eigenvalue weighted by Crippen LogP contribution is -2.41. The largest absolute Gasteiger partial charge is 0.342 e. The fourth-order valence-electron chi connectivity index (χ4n) is 1.96. The normalized spacial score (nSPS) is 11.5. The Morgan fingerprint density at radius 2 is 2.09 bits per heavy atom. The van der Waals surface area contributed by atoms with Gasteiger partial charge < -0.3 is 11.1 Å². The van der Waals surface area contributed by atoms with Gasteiger partial charge in [-0.25, -0.2) is 13.8 Å². The molecule has 7 heteroatoms. The van der Waals surface area contributed by atoms with Gasteiger partial charge in [0.1, 0.15) is 5.69 Å². The number of rotatable bonds is 5. The Morgan fingerprint density at radius 1 is 1.36 bits per heavy atom. The van der Waals surface area contributed by atoms with Crippen LogP contribution in [0, 0.1) is 11.6 Å². The van der Waals surface area contributed by atoms with Gasteiger partial charge in [0.2, 0.25) is 0 Å². The average molecular weight is 325 g/mol. The van der Waals surface area contributed by atoms with Crippen LogP contribution in [0.5, 0.6) is 0 Å². The zero-order valence-electron chi connectivity index (χ0n) is 12.3. The fraction of sp³-hybridized carbons (Fsp3) is 0.333. The molecule has 0 spiro atoms. The second-order valence-corrected chi connectivity index (χ2v) is 6.32. The molecule has 0 atom stereocenters. The van der Waals surface area contributed by atoms with Crippen molar-refractivity contribution in [3.8, 4) is 0 Å². The Labute approximate surface area is 131 Å². The topological polar surface area (TPSA) is 68.0 Å². The predicted molar refractivity (Wildman–Crippen MR) is 81.7 cm³/mol. The molecule has 1 amide bonds. The van der Waals surface area contributed by atoms with E-state index in [9.17, 15) is 13.6 Å². The van der Waals surface area contributed by atoms with Crippen LogP contribution >= 0.6 is 11.3 Å². The minimum absolute atomic E-state index is 0.295. The number of nitrogens with zero attached hydrogens (tertiary/aromatic N) is 1. The van der Waals surface area contributed by atoms with Gasteiger partial charge in [-0.15, -0.1) is 11.3 Å². The highest BCUT2D eigenvalue weighted by Crippen LogP contribution is 2.23. The van der Waals surface area contributed by atoms with E-state index in [1.54, 1.807) is 19.2 Å². The Kier molecular flexibility index (Phi) is 4.87. The van der Waals surface area contributed by atoms with E-state index < -0.39 is 17.2 Å². The first-order chi connectivity index (χ1) is 10.3. The van der Waals surface area contributed by atoms with E-state index in [0.717, 1.165) is 17.1 Å². The third kappa shape index (κ3) is 3.66. The molecule has 2 rings (SSSR count). The van der Waals surface area contributed by atoms with E-state index in [0.29, 0.717) is 24.2 Å². The Hall–Kier alpha value is -1.86. The van der Waals surface area contributed by atoms with Gasteiger partial charge in [0.25, 0.3) is 5.91 Å². The van der Waals surface area contributed by atoms with Crippen molar-refractivity contribution < 1.29 is 13.6 Å². The van der Waals surface area contributed by atoms with E-state index in [1.165, 1.54) is 17.4 Å². The van der Waals surface area contributed by atoms with Crippen molar-refractivity contribution in [2.45, 2.75) is 25.8 Å². The van der Waals surface area contributed by atoms with Gasteiger partial charge in [0.05, 0.1) is 10.5 Å². The van der Waals surface area contributed by atoms with Crippen LogP contribution in [0.1, 0.15) is 34.9 Å². The molecule has 0 aliphatic carbocycles. The molecule has 0 radical (unpaired) electrons. The summed E-state index contributed by atoms with van der Waals surface area (Å²) in [6.07, 6.45) is 0.616. The molecular weight excluding hydrogens is 308 g/mol. The summed E-state index contributed by atoms with van der Waals surface area (Å²) in [5.41, 5.74) is 5.36. The van der Waals surface area contributed by atoms with Crippen molar-refractivity contribution in [3.05, 3.63) is 51.5 Å². The van der Waals surface area contributed by atoms with Crippen LogP contribution in [0.4, 0.5) is 8.78 Å². The van der Waals surface area contributed by atoms with Crippen molar-refractivity contribution in [1.29, 1.82) is 0 Å². The number of carbonyl (C=O) groups is 1. The summed E-state index contributed by atoms with van der Waals surface area (Å²) in [5.74, 6) is -2.23. The molecule has 0 fully saturated rings. The highest BCUT2D eigenvalue weighted by molar-refractivity contribution is 7.09. The van der Waals surface area contributed by atoms with Gasteiger partial charge in [0.15, 0.2) is 11.6 Å². The monoisotopic (exact) mass is 325 g/mol. The first-order valence-corrected chi connectivity index (χ1v) is 7.64. The molecule has 1 heterocycles. The summed E-state index contributed by atoms with van der Waals surface area (Å²) in [6, 6.07) is 3.57. The van der Waals surface area contributed by atoms with E-state index >= 15 is 0 Å². The summed E-state index contributed by atoms with van der Waals surface area (Å²) in [7, 11) is 0. The van der Waals surface area contributed by atoms with E-state index in [2.05, 4.69) is 10.3 Å². The van der Waals surface area contributed by atoms with Crippen molar-refractivity contribution in [2.75, 3.05) is 6.54 Å². The average Bonchev–Trinajstić information content (AvgIpc) is 2.90. The molecule has 0 aliphatic rings. The summed E-state index contributed by atoms with van der Waals surface area (Å²) in [5, 5.41) is 5.22. The Bertz CT molecular complexity index is 685. The first kappa shape index (κ1) is 16.5. The standard InChI is InChI=1S/C15H17F2N3OS/c1-15(2,9-3-4-10(16)11(17)7-9)20-14(21)12-8-22-13(19-12)5-6-18/h3-4,7-8H,5-6,18H2,1-2H3,(H,20,21). The lowest BCUT2D eigenvalue weighted by molar-refractivity contribution is 0.0907. The number of benzene rings is 1. The van der Waals surface area contributed by atoms with Gasteiger partial charge in [-0.3, -0.25) is 4.79 Å². The first-order valence-electron chi connectivity index (χ1n) is 6.76. The van der Waals surface area contributed by atoms with Gasteiger partial charge >= 0.3 is 0 Å². The second-order valence-electron chi connectivity index (χ2n) is 5.37. The second kappa shape index (κ2) is 6.50. The number of halogens is 2. The zero-order valence-corrected chi connectivity index (χ0v) is 13.1. The quantitative estimate of drug-likeness (QED) is 0.888. The maximum Gasteiger partial charge on any atom is 0.271 e. The Morgan fingerprint density at radius 3 is 2.73 bits per heavy atom. The van der Waals surface area contributed by atoms with Crippen LogP contribution in [-0.4, -0.2) is 17.4 Å². The van der Waals surface area contributed by atoms with Gasteiger partial charge in [-0.2, -0.15) is 0 Å². The number of hydrogen-bond acceptors (Lipinski definition) is 4. The number of aromatic nitrogens is 1. The molecule has 0 saturated heterocycles. The zero-order chi connectivity index (χ0) is 16.3. The molecular formula is C15H17F2N3OS. The summed E-state index contributed by atoms with van der Waals surface area (Å²) in [6.45, 7) is 3.89. The van der Waals surface area contributed by atoms with Crippen LogP contribution in [-0.2, 0) is 12.0 Å². The molecule has 0 saturated carbocycles. The lowest BCUT2D eigenvalue weighted by Gasteiger charge is -2.26. The fourth-order valence-corrected chi connectivity index (χ4v) is 2.75. The number of thiazole rings is 1.